The summed E-state index contributed by atoms with van der Waals surface area (Å²) >= 11 is 0. The maximum atomic E-state index is 10.0. The highest BCUT2D eigenvalue weighted by Gasteiger charge is 2.21. The van der Waals surface area contributed by atoms with Crippen LogP contribution in [0.25, 0.3) is 0 Å². The van der Waals surface area contributed by atoms with Crippen molar-refractivity contribution >= 4 is 29.9 Å². The highest BCUT2D eigenvalue weighted by Crippen LogP contribution is 2.23. The number of fused-ring (bicyclic) bond motifs is 1. The van der Waals surface area contributed by atoms with Crippen LogP contribution in [-0.4, -0.2) is 45.5 Å². The van der Waals surface area contributed by atoms with Gasteiger partial charge in [-0.2, -0.15) is 5.10 Å². The maximum Gasteiger partial charge on any atom is 0.191 e. The van der Waals surface area contributed by atoms with Crippen LogP contribution in [-0.2, 0) is 19.5 Å². The molecule has 1 aliphatic rings. The third kappa shape index (κ3) is 5.47. The van der Waals surface area contributed by atoms with Crippen LogP contribution in [0.2, 0.25) is 0 Å². The molecule has 3 rings (SSSR count). The molecule has 1 aromatic carbocycles. The van der Waals surface area contributed by atoms with Crippen molar-refractivity contribution in [1.29, 1.82) is 0 Å². The fourth-order valence-electron chi connectivity index (χ4n) is 3.04. The first-order valence-corrected chi connectivity index (χ1v) is 8.90. The largest absolute Gasteiger partial charge is 0.508 e. The van der Waals surface area contributed by atoms with Gasteiger partial charge in [0, 0.05) is 24.6 Å². The van der Waals surface area contributed by atoms with Gasteiger partial charge in [0.2, 0.25) is 0 Å². The summed E-state index contributed by atoms with van der Waals surface area (Å²) in [5.41, 5.74) is 0.722. The Morgan fingerprint density at radius 2 is 2.26 bits per heavy atom. The minimum Gasteiger partial charge on any atom is -0.508 e. The van der Waals surface area contributed by atoms with Gasteiger partial charge in [0.15, 0.2) is 5.96 Å². The molecule has 0 aliphatic carbocycles. The second-order valence-corrected chi connectivity index (χ2v) is 6.33. The lowest BCUT2D eigenvalue weighted by Crippen LogP contribution is -2.47. The van der Waals surface area contributed by atoms with Gasteiger partial charge in [-0.05, 0) is 38.5 Å². The Morgan fingerprint density at radius 1 is 1.44 bits per heavy atom. The van der Waals surface area contributed by atoms with Crippen LogP contribution >= 0.6 is 24.0 Å². The molecular weight excluding hydrogens is 459 g/mol. The van der Waals surface area contributed by atoms with E-state index in [1.54, 1.807) is 25.3 Å². The van der Waals surface area contributed by atoms with Crippen molar-refractivity contribution in [3.8, 4) is 11.5 Å². The third-order valence-corrected chi connectivity index (χ3v) is 4.34. The van der Waals surface area contributed by atoms with E-state index in [2.05, 4.69) is 25.7 Å². The van der Waals surface area contributed by atoms with Crippen LogP contribution in [0.1, 0.15) is 30.6 Å². The number of hydrogen-bond donors (Lipinski definition) is 3. The zero-order valence-electron chi connectivity index (χ0n) is 15.9. The topological polar surface area (TPSA) is 96.6 Å². The summed E-state index contributed by atoms with van der Waals surface area (Å²) in [6, 6.07) is 5.39. The highest BCUT2D eigenvalue weighted by atomic mass is 127. The van der Waals surface area contributed by atoms with E-state index in [1.807, 2.05) is 18.5 Å². The lowest BCUT2D eigenvalue weighted by atomic mass is 10.1. The Labute approximate surface area is 176 Å². The number of methoxy groups -OCH3 is 1. The number of aliphatic imine (C=N–C) groups is 1. The van der Waals surface area contributed by atoms with Crippen molar-refractivity contribution in [3.05, 3.63) is 35.4 Å². The number of rotatable bonds is 5. The van der Waals surface area contributed by atoms with E-state index in [0.29, 0.717) is 12.3 Å². The zero-order valence-corrected chi connectivity index (χ0v) is 18.2. The van der Waals surface area contributed by atoms with E-state index >= 15 is 0 Å². The summed E-state index contributed by atoms with van der Waals surface area (Å²) < 4.78 is 7.18. The van der Waals surface area contributed by atoms with Crippen molar-refractivity contribution in [1.82, 2.24) is 25.4 Å². The number of aryl methyl sites for hydroxylation is 2. The van der Waals surface area contributed by atoms with E-state index in [1.165, 1.54) is 0 Å². The van der Waals surface area contributed by atoms with Gasteiger partial charge >= 0.3 is 0 Å². The number of hydrogen-bond acceptors (Lipinski definition) is 5. The second-order valence-electron chi connectivity index (χ2n) is 6.33. The van der Waals surface area contributed by atoms with Gasteiger partial charge in [-0.25, -0.2) is 14.7 Å². The lowest BCUT2D eigenvalue weighted by molar-refractivity contribution is 0.392. The quantitative estimate of drug-likeness (QED) is 0.340. The summed E-state index contributed by atoms with van der Waals surface area (Å²) in [5.74, 6) is 3.50. The molecule has 27 heavy (non-hydrogen) atoms. The number of halogens is 1. The van der Waals surface area contributed by atoms with Gasteiger partial charge in [0.05, 0.1) is 20.2 Å². The van der Waals surface area contributed by atoms with Crippen LogP contribution < -0.4 is 15.4 Å². The molecule has 0 spiro atoms. The molecular formula is C18H27IN6O2. The molecule has 1 unspecified atom stereocenters. The van der Waals surface area contributed by atoms with Crippen LogP contribution in [0.5, 0.6) is 11.5 Å². The van der Waals surface area contributed by atoms with Gasteiger partial charge in [0.1, 0.15) is 23.1 Å². The molecule has 0 radical (unpaired) electrons. The molecule has 9 heteroatoms. The molecule has 1 aliphatic heterocycles. The molecule has 1 aromatic heterocycles. The van der Waals surface area contributed by atoms with E-state index < -0.39 is 0 Å². The zero-order chi connectivity index (χ0) is 18.5. The Balaban J connectivity index is 0.00000261. The van der Waals surface area contributed by atoms with E-state index in [4.69, 9.17) is 4.74 Å². The van der Waals surface area contributed by atoms with Crippen LogP contribution in [0.3, 0.4) is 0 Å². The number of phenols is 1. The Bertz CT molecular complexity index is 792. The summed E-state index contributed by atoms with van der Waals surface area (Å²) in [6.07, 6.45) is 1.88. The minimum atomic E-state index is 0. The maximum absolute atomic E-state index is 10.0. The molecule has 8 nitrogen and oxygen atoms in total. The standard InChI is InChI=1S/C18H26N6O2.HI/c1-4-19-18(20-10-13-9-15(26-3)6-7-16(13)25)22-14-5-8-17-21-12(2)23-24(17)11-14;/h6-7,9,14,25H,4-5,8,10-11H2,1-3H3,(H2,19,20,22);1H. The third-order valence-electron chi connectivity index (χ3n) is 4.34. The van der Waals surface area contributed by atoms with Gasteiger partial charge in [-0.3, -0.25) is 0 Å². The van der Waals surface area contributed by atoms with Crippen LogP contribution in [0.4, 0.5) is 0 Å². The van der Waals surface area contributed by atoms with Crippen molar-refractivity contribution in [3.63, 3.8) is 0 Å². The molecule has 2 aromatic rings. The molecule has 0 saturated carbocycles. The first-order valence-electron chi connectivity index (χ1n) is 8.90. The van der Waals surface area contributed by atoms with Gasteiger partial charge in [-0.1, -0.05) is 0 Å². The van der Waals surface area contributed by atoms with E-state index in [9.17, 15) is 5.11 Å². The molecule has 0 fully saturated rings. The fourth-order valence-corrected chi connectivity index (χ4v) is 3.04. The molecule has 0 saturated heterocycles. The SMILES string of the molecule is CCNC(=NCc1cc(OC)ccc1O)NC1CCc2nc(C)nn2C1.I. The number of nitrogens with one attached hydrogen (secondary N) is 2. The molecule has 3 N–H and O–H groups in total. The lowest BCUT2D eigenvalue weighted by Gasteiger charge is -2.25. The van der Waals surface area contributed by atoms with E-state index in [0.717, 1.165) is 49.1 Å². The van der Waals surface area contributed by atoms with Crippen molar-refractivity contribution in [2.24, 2.45) is 4.99 Å². The molecule has 2 heterocycles. The van der Waals surface area contributed by atoms with Gasteiger partial charge in [-0.15, -0.1) is 24.0 Å². The molecule has 0 amide bonds. The predicted octanol–water partition coefficient (Wildman–Crippen LogP) is 1.99. The summed E-state index contributed by atoms with van der Waals surface area (Å²) in [4.78, 5) is 9.05. The highest BCUT2D eigenvalue weighted by molar-refractivity contribution is 14.0. The van der Waals surface area contributed by atoms with Gasteiger partial charge < -0.3 is 20.5 Å². The summed E-state index contributed by atoms with van der Waals surface area (Å²) in [7, 11) is 1.61. The second kappa shape index (κ2) is 9.77. The Kier molecular flexibility index (Phi) is 7.69. The number of ether oxygens (including phenoxy) is 1. The van der Waals surface area contributed by atoms with Crippen LogP contribution in [0.15, 0.2) is 23.2 Å². The fraction of sp³-hybridized carbons (Fsp3) is 0.500. The van der Waals surface area contributed by atoms with Crippen molar-refractivity contribution in [2.45, 2.75) is 45.8 Å². The Hall–Kier alpha value is -2.04. The smallest absolute Gasteiger partial charge is 0.191 e. The summed E-state index contributed by atoms with van der Waals surface area (Å²) in [5, 5.41) is 21.2. The normalized spacial score (nSPS) is 16.3. The first-order chi connectivity index (χ1) is 12.6. The molecule has 0 bridgehead atoms. The van der Waals surface area contributed by atoms with Crippen molar-refractivity contribution in [2.75, 3.05) is 13.7 Å². The average molecular weight is 486 g/mol. The molecule has 1 atom stereocenters. The van der Waals surface area contributed by atoms with Crippen molar-refractivity contribution < 1.29 is 9.84 Å². The number of benzene rings is 1. The average Bonchev–Trinajstić information content (AvgIpc) is 3.00. The Morgan fingerprint density at radius 3 is 3.00 bits per heavy atom. The first kappa shape index (κ1) is 21.3. The predicted molar refractivity (Wildman–Crippen MR) is 115 cm³/mol. The number of guanidine groups is 1. The minimum absolute atomic E-state index is 0. The number of nitrogens with zero attached hydrogens (tertiary/aromatic N) is 4. The summed E-state index contributed by atoms with van der Waals surface area (Å²) in [6.45, 7) is 5.83. The number of aromatic hydroxyl groups is 1. The number of aromatic nitrogens is 3. The van der Waals surface area contributed by atoms with E-state index in [-0.39, 0.29) is 35.8 Å². The monoisotopic (exact) mass is 486 g/mol. The molecule has 148 valence electrons. The van der Waals surface area contributed by atoms with Gasteiger partial charge in [0.25, 0.3) is 0 Å². The number of phenolic OH excluding ortho intramolecular Hbond substituents is 1. The van der Waals surface area contributed by atoms with Crippen LogP contribution in [0, 0.1) is 6.92 Å².